The molecule has 2 aromatic carbocycles. The Hall–Kier alpha value is -1.67. The molecule has 10 heteroatoms. The van der Waals surface area contributed by atoms with Crippen LogP contribution >= 0.6 is 34.8 Å². The van der Waals surface area contributed by atoms with Crippen molar-refractivity contribution in [2.75, 3.05) is 4.31 Å². The van der Waals surface area contributed by atoms with Crippen molar-refractivity contribution in [3.8, 4) is 5.75 Å². The molecule has 0 amide bonds. The van der Waals surface area contributed by atoms with E-state index in [4.69, 9.17) is 39.9 Å². The number of benzene rings is 2. The second-order valence-corrected chi connectivity index (χ2v) is 6.37. The van der Waals surface area contributed by atoms with Crippen molar-refractivity contribution in [3.05, 3.63) is 51.0 Å². The second-order valence-electron chi connectivity index (χ2n) is 4.27. The Balaban J connectivity index is 2.63. The normalized spacial score (nSPS) is 10.8. The van der Waals surface area contributed by atoms with Crippen LogP contribution in [-0.4, -0.2) is 24.6 Å². The standard InChI is InChI=1S/C13H8Cl3NO5S/c14-8-4-10(16)11(5-9(8)15)17(23(21)22)6-1-2-7(13(19)20)12(18)3-6/h1-5,18,23H,(H,19,20). The number of hydrogen-bond acceptors (Lipinski definition) is 4. The largest absolute Gasteiger partial charge is 0.507 e. The second kappa shape index (κ2) is 6.84. The average Bonchev–Trinajstić information content (AvgIpc) is 2.44. The molecule has 2 aromatic rings. The minimum Gasteiger partial charge on any atom is -0.507 e. The van der Waals surface area contributed by atoms with Crippen LogP contribution in [0.3, 0.4) is 0 Å². The van der Waals surface area contributed by atoms with Gasteiger partial charge >= 0.3 is 5.97 Å². The zero-order valence-electron chi connectivity index (χ0n) is 11.0. The maximum absolute atomic E-state index is 11.6. The van der Waals surface area contributed by atoms with E-state index in [1.165, 1.54) is 18.2 Å². The molecule has 0 atom stereocenters. The van der Waals surface area contributed by atoms with Gasteiger partial charge in [0.1, 0.15) is 11.3 Å². The Bertz CT molecular complexity index is 861. The Kier molecular flexibility index (Phi) is 5.26. The molecule has 2 N–H and O–H groups in total. The SMILES string of the molecule is O=C(O)c1ccc(N(c2cc(Cl)c(Cl)cc2Cl)[SH](=O)=O)cc1O. The topological polar surface area (TPSA) is 94.9 Å². The number of aromatic carboxylic acids is 1. The van der Waals surface area contributed by atoms with Gasteiger partial charge in [0.25, 0.3) is 0 Å². The third kappa shape index (κ3) is 3.64. The van der Waals surface area contributed by atoms with E-state index in [0.29, 0.717) is 0 Å². The van der Waals surface area contributed by atoms with Gasteiger partial charge in [-0.2, -0.15) is 0 Å². The smallest absolute Gasteiger partial charge is 0.339 e. The van der Waals surface area contributed by atoms with E-state index in [1.54, 1.807) is 0 Å². The van der Waals surface area contributed by atoms with Crippen molar-refractivity contribution in [2.45, 2.75) is 0 Å². The van der Waals surface area contributed by atoms with Crippen molar-refractivity contribution in [2.24, 2.45) is 0 Å². The van der Waals surface area contributed by atoms with E-state index in [-0.39, 0.29) is 32.0 Å². The van der Waals surface area contributed by atoms with Crippen molar-refractivity contribution in [1.29, 1.82) is 0 Å². The van der Waals surface area contributed by atoms with E-state index < -0.39 is 22.6 Å². The lowest BCUT2D eigenvalue weighted by molar-refractivity contribution is 0.0694. The maximum Gasteiger partial charge on any atom is 0.339 e. The Morgan fingerprint density at radius 3 is 2.13 bits per heavy atom. The molecule has 0 bridgehead atoms. The summed E-state index contributed by atoms with van der Waals surface area (Å²) < 4.78 is 24.0. The van der Waals surface area contributed by atoms with Crippen molar-refractivity contribution in [3.63, 3.8) is 0 Å². The molecule has 0 unspecified atom stereocenters. The lowest BCUT2D eigenvalue weighted by Gasteiger charge is -2.20. The number of nitrogens with zero attached hydrogens (tertiary/aromatic N) is 1. The summed E-state index contributed by atoms with van der Waals surface area (Å²) in [5.74, 6) is -1.94. The van der Waals surface area contributed by atoms with Gasteiger partial charge in [0.15, 0.2) is 0 Å². The van der Waals surface area contributed by atoms with E-state index in [9.17, 15) is 18.3 Å². The highest BCUT2D eigenvalue weighted by Crippen LogP contribution is 2.39. The molecule has 0 saturated heterocycles. The molecule has 0 saturated carbocycles. The minimum atomic E-state index is -3.20. The number of thiol groups is 1. The van der Waals surface area contributed by atoms with Crippen LogP contribution in [-0.2, 0) is 10.9 Å². The van der Waals surface area contributed by atoms with Crippen LogP contribution in [0, 0.1) is 0 Å². The fourth-order valence-corrected chi connectivity index (χ4v) is 3.17. The quantitative estimate of drug-likeness (QED) is 0.541. The number of phenols is 1. The molecule has 0 aliphatic heterocycles. The van der Waals surface area contributed by atoms with Crippen LogP contribution in [0.15, 0.2) is 30.3 Å². The molecule has 0 spiro atoms. The van der Waals surface area contributed by atoms with Gasteiger partial charge in [-0.05, 0) is 24.3 Å². The number of carbonyl (C=O) groups is 1. The molecular formula is C13H8Cl3NO5S. The van der Waals surface area contributed by atoms with E-state index in [2.05, 4.69) is 0 Å². The summed E-state index contributed by atoms with van der Waals surface area (Å²) in [6, 6.07) is 5.81. The van der Waals surface area contributed by atoms with Crippen LogP contribution in [0.4, 0.5) is 11.4 Å². The highest BCUT2D eigenvalue weighted by atomic mass is 35.5. The molecule has 0 aromatic heterocycles. The fraction of sp³-hybridized carbons (Fsp3) is 0. The first-order chi connectivity index (χ1) is 10.7. The molecule has 2 rings (SSSR count). The number of aromatic hydroxyl groups is 1. The summed E-state index contributed by atoms with van der Waals surface area (Å²) >= 11 is 17.7. The van der Waals surface area contributed by atoms with Gasteiger partial charge in [-0.25, -0.2) is 17.5 Å². The molecule has 0 aliphatic carbocycles. The van der Waals surface area contributed by atoms with Crippen molar-refractivity contribution < 1.29 is 23.4 Å². The molecule has 0 radical (unpaired) electrons. The lowest BCUT2D eigenvalue weighted by atomic mass is 10.1. The van der Waals surface area contributed by atoms with Crippen LogP contribution in [0.5, 0.6) is 5.75 Å². The number of carboxylic acid groups (broad SMARTS) is 1. The summed E-state index contributed by atoms with van der Waals surface area (Å²) in [7, 11) is -3.20. The minimum absolute atomic E-state index is 0.0103. The van der Waals surface area contributed by atoms with Gasteiger partial charge in [-0.15, -0.1) is 0 Å². The summed E-state index contributed by atoms with van der Waals surface area (Å²) in [6.45, 7) is 0. The van der Waals surface area contributed by atoms with Gasteiger partial charge in [0.2, 0.25) is 10.9 Å². The molecule has 6 nitrogen and oxygen atoms in total. The number of halogens is 3. The first-order valence-electron chi connectivity index (χ1n) is 5.87. The molecular weight excluding hydrogens is 389 g/mol. The summed E-state index contributed by atoms with van der Waals surface area (Å²) in [5, 5.41) is 18.8. The third-order valence-electron chi connectivity index (χ3n) is 2.84. The predicted octanol–water partition coefficient (Wildman–Crippen LogP) is 3.72. The lowest BCUT2D eigenvalue weighted by Crippen LogP contribution is -2.15. The summed E-state index contributed by atoms with van der Waals surface area (Å²) in [5.41, 5.74) is -0.362. The van der Waals surface area contributed by atoms with Crippen LogP contribution < -0.4 is 4.31 Å². The van der Waals surface area contributed by atoms with Crippen LogP contribution in [0.25, 0.3) is 0 Å². The molecule has 0 aliphatic rings. The number of anilines is 2. The van der Waals surface area contributed by atoms with E-state index >= 15 is 0 Å². The van der Waals surface area contributed by atoms with E-state index in [0.717, 1.165) is 16.4 Å². The van der Waals surface area contributed by atoms with Gasteiger partial charge in [0.05, 0.1) is 26.4 Å². The highest BCUT2D eigenvalue weighted by molar-refractivity contribution is 7.74. The predicted molar refractivity (Wildman–Crippen MR) is 89.0 cm³/mol. The first kappa shape index (κ1) is 17.7. The van der Waals surface area contributed by atoms with Crippen LogP contribution in [0.1, 0.15) is 10.4 Å². The van der Waals surface area contributed by atoms with Gasteiger partial charge in [0, 0.05) is 6.07 Å². The van der Waals surface area contributed by atoms with Crippen molar-refractivity contribution >= 4 is 63.0 Å². The summed E-state index contributed by atoms with van der Waals surface area (Å²) in [6.07, 6.45) is 0. The number of carboxylic acids is 1. The molecule has 122 valence electrons. The number of hydrogen-bond donors (Lipinski definition) is 3. The first-order valence-corrected chi connectivity index (χ1v) is 8.14. The number of rotatable bonds is 4. The molecule has 23 heavy (non-hydrogen) atoms. The summed E-state index contributed by atoms with van der Waals surface area (Å²) in [4.78, 5) is 10.9. The zero-order chi connectivity index (χ0) is 17.3. The van der Waals surface area contributed by atoms with Gasteiger partial charge in [-0.1, -0.05) is 34.8 Å². The third-order valence-corrected chi connectivity index (χ3v) is 4.64. The molecule has 0 fully saturated rings. The maximum atomic E-state index is 11.6. The Morgan fingerprint density at radius 1 is 1.00 bits per heavy atom. The Labute approximate surface area is 147 Å². The zero-order valence-corrected chi connectivity index (χ0v) is 14.2. The van der Waals surface area contributed by atoms with Crippen LogP contribution in [0.2, 0.25) is 15.1 Å². The Morgan fingerprint density at radius 2 is 1.61 bits per heavy atom. The van der Waals surface area contributed by atoms with Crippen molar-refractivity contribution in [1.82, 2.24) is 0 Å². The van der Waals surface area contributed by atoms with E-state index in [1.807, 2.05) is 0 Å². The fourth-order valence-electron chi connectivity index (χ4n) is 1.83. The highest BCUT2D eigenvalue weighted by Gasteiger charge is 2.19. The average molecular weight is 397 g/mol. The molecule has 0 heterocycles. The van der Waals surface area contributed by atoms with Gasteiger partial charge in [-0.3, -0.25) is 0 Å². The monoisotopic (exact) mass is 395 g/mol. The van der Waals surface area contributed by atoms with Gasteiger partial charge < -0.3 is 10.2 Å².